The number of phenols is 1. The van der Waals surface area contributed by atoms with E-state index in [0.717, 1.165) is 0 Å². The summed E-state index contributed by atoms with van der Waals surface area (Å²) >= 11 is 0. The van der Waals surface area contributed by atoms with E-state index in [1.54, 1.807) is 12.1 Å². The molecule has 3 heteroatoms. The minimum absolute atomic E-state index is 0.0257. The summed E-state index contributed by atoms with van der Waals surface area (Å²) in [5, 5.41) is 9.21. The lowest BCUT2D eigenvalue weighted by atomic mass is 10.1. The van der Waals surface area contributed by atoms with Crippen LogP contribution in [0.2, 0.25) is 0 Å². The molecule has 0 bridgehead atoms. The molecule has 1 aromatic carbocycles. The van der Waals surface area contributed by atoms with Crippen molar-refractivity contribution in [3.05, 3.63) is 35.9 Å². The maximum atomic E-state index is 11.1. The first kappa shape index (κ1) is 9.32. The van der Waals surface area contributed by atoms with E-state index in [1.807, 2.05) is 0 Å². The zero-order valence-corrected chi connectivity index (χ0v) is 7.28. The molecule has 3 nitrogen and oxygen atoms in total. The number of hydrogen-bond donors (Lipinski definition) is 1. The second kappa shape index (κ2) is 3.76. The Morgan fingerprint density at radius 3 is 2.77 bits per heavy atom. The zero-order valence-electron chi connectivity index (χ0n) is 7.28. The fraction of sp³-hybridized carbons (Fsp3) is 0.100. The predicted octanol–water partition coefficient (Wildman–Crippen LogP) is 1.82. The Kier molecular flexibility index (Phi) is 2.69. The molecule has 0 aliphatic rings. The molecule has 0 saturated carbocycles. The summed E-state index contributed by atoms with van der Waals surface area (Å²) in [6.07, 6.45) is 1.55. The molecule has 0 aliphatic heterocycles. The number of benzene rings is 1. The van der Waals surface area contributed by atoms with E-state index in [-0.39, 0.29) is 5.75 Å². The molecule has 0 unspecified atom stereocenters. The molecule has 0 fully saturated rings. The Morgan fingerprint density at radius 2 is 2.23 bits per heavy atom. The van der Waals surface area contributed by atoms with Gasteiger partial charge in [-0.1, -0.05) is 12.7 Å². The largest absolute Gasteiger partial charge is 0.508 e. The molecular formula is C10H10O3. The quantitative estimate of drug-likeness (QED) is 0.702. The number of rotatable bonds is 2. The normalized spacial score (nSPS) is 9.31. The number of esters is 1. The molecule has 0 aromatic heterocycles. The molecule has 0 atom stereocenters. The molecule has 1 rings (SSSR count). The first-order valence-corrected chi connectivity index (χ1v) is 3.72. The Hall–Kier alpha value is -1.77. The summed E-state index contributed by atoms with van der Waals surface area (Å²) in [6.45, 7) is 3.54. The summed E-state index contributed by atoms with van der Waals surface area (Å²) in [7, 11) is 1.29. The number of carbonyl (C=O) groups excluding carboxylic acids is 1. The highest BCUT2D eigenvalue weighted by atomic mass is 16.5. The molecule has 0 saturated heterocycles. The Labute approximate surface area is 76.3 Å². The highest BCUT2D eigenvalue weighted by molar-refractivity contribution is 5.90. The Balaban J connectivity index is 3.15. The highest BCUT2D eigenvalue weighted by Crippen LogP contribution is 2.16. The van der Waals surface area contributed by atoms with Crippen LogP contribution in [0, 0.1) is 0 Å². The maximum Gasteiger partial charge on any atom is 0.338 e. The molecule has 0 radical (unpaired) electrons. The maximum absolute atomic E-state index is 11.1. The second-order valence-corrected chi connectivity index (χ2v) is 2.51. The van der Waals surface area contributed by atoms with Crippen LogP contribution in [0.15, 0.2) is 24.8 Å². The molecule has 68 valence electrons. The van der Waals surface area contributed by atoms with Gasteiger partial charge in [-0.2, -0.15) is 0 Å². The first-order valence-electron chi connectivity index (χ1n) is 3.72. The van der Waals surface area contributed by atoms with Gasteiger partial charge in [0.05, 0.1) is 12.7 Å². The van der Waals surface area contributed by atoms with E-state index < -0.39 is 5.97 Å². The van der Waals surface area contributed by atoms with Crippen molar-refractivity contribution in [3.8, 4) is 5.75 Å². The average Bonchev–Trinajstić information content (AvgIpc) is 2.15. The van der Waals surface area contributed by atoms with Crippen LogP contribution in [-0.2, 0) is 4.74 Å². The van der Waals surface area contributed by atoms with Gasteiger partial charge in [0.2, 0.25) is 0 Å². The molecule has 1 aromatic rings. The van der Waals surface area contributed by atoms with Gasteiger partial charge in [-0.05, 0) is 23.8 Å². The van der Waals surface area contributed by atoms with E-state index in [1.165, 1.54) is 19.2 Å². The predicted molar refractivity (Wildman–Crippen MR) is 49.5 cm³/mol. The summed E-state index contributed by atoms with van der Waals surface area (Å²) in [5.74, 6) is -0.447. The van der Waals surface area contributed by atoms with Crippen molar-refractivity contribution < 1.29 is 14.6 Å². The Bertz CT molecular complexity index is 342. The van der Waals surface area contributed by atoms with Crippen LogP contribution in [0.25, 0.3) is 6.08 Å². The Morgan fingerprint density at radius 1 is 1.54 bits per heavy atom. The van der Waals surface area contributed by atoms with Crippen molar-refractivity contribution in [2.45, 2.75) is 0 Å². The molecule has 0 spiro atoms. The summed E-state index contributed by atoms with van der Waals surface area (Å²) in [4.78, 5) is 11.1. The molecule has 0 aliphatic carbocycles. The molecule has 13 heavy (non-hydrogen) atoms. The number of hydrogen-bond acceptors (Lipinski definition) is 3. The van der Waals surface area contributed by atoms with Crippen LogP contribution >= 0.6 is 0 Å². The topological polar surface area (TPSA) is 46.5 Å². The van der Waals surface area contributed by atoms with Crippen LogP contribution in [-0.4, -0.2) is 18.2 Å². The number of carbonyl (C=O) groups is 1. The van der Waals surface area contributed by atoms with Crippen LogP contribution in [0.3, 0.4) is 0 Å². The van der Waals surface area contributed by atoms with E-state index in [0.29, 0.717) is 11.1 Å². The van der Waals surface area contributed by atoms with E-state index in [9.17, 15) is 9.90 Å². The SMILES string of the molecule is C=Cc1cc(O)cc(C(=O)OC)c1. The molecule has 0 amide bonds. The molecule has 1 N–H and O–H groups in total. The van der Waals surface area contributed by atoms with Gasteiger partial charge in [0.25, 0.3) is 0 Å². The van der Waals surface area contributed by atoms with E-state index in [2.05, 4.69) is 11.3 Å². The van der Waals surface area contributed by atoms with Gasteiger partial charge in [-0.25, -0.2) is 4.79 Å². The van der Waals surface area contributed by atoms with Gasteiger partial charge in [0.15, 0.2) is 0 Å². The number of aromatic hydroxyl groups is 1. The zero-order chi connectivity index (χ0) is 9.84. The second-order valence-electron chi connectivity index (χ2n) is 2.51. The molecule has 0 heterocycles. The van der Waals surface area contributed by atoms with Crippen LogP contribution < -0.4 is 0 Å². The van der Waals surface area contributed by atoms with Crippen molar-refractivity contribution in [3.63, 3.8) is 0 Å². The monoisotopic (exact) mass is 178 g/mol. The lowest BCUT2D eigenvalue weighted by molar-refractivity contribution is 0.0600. The number of ether oxygens (including phenoxy) is 1. The lowest BCUT2D eigenvalue weighted by Gasteiger charge is -2.01. The molecular weight excluding hydrogens is 168 g/mol. The van der Waals surface area contributed by atoms with Crippen LogP contribution in [0.5, 0.6) is 5.75 Å². The fourth-order valence-electron chi connectivity index (χ4n) is 0.988. The van der Waals surface area contributed by atoms with Gasteiger partial charge in [0.1, 0.15) is 5.75 Å². The van der Waals surface area contributed by atoms with E-state index in [4.69, 9.17) is 0 Å². The lowest BCUT2D eigenvalue weighted by Crippen LogP contribution is -2.00. The number of methoxy groups -OCH3 is 1. The van der Waals surface area contributed by atoms with Crippen molar-refractivity contribution in [2.75, 3.05) is 7.11 Å². The van der Waals surface area contributed by atoms with Crippen molar-refractivity contribution >= 4 is 12.0 Å². The summed E-state index contributed by atoms with van der Waals surface area (Å²) < 4.78 is 4.51. The van der Waals surface area contributed by atoms with Gasteiger partial charge >= 0.3 is 5.97 Å². The third-order valence-corrected chi connectivity index (χ3v) is 1.60. The summed E-state index contributed by atoms with van der Waals surface area (Å²) in [5.41, 5.74) is 0.998. The van der Waals surface area contributed by atoms with Gasteiger partial charge in [-0.3, -0.25) is 0 Å². The van der Waals surface area contributed by atoms with Crippen LogP contribution in [0.4, 0.5) is 0 Å². The minimum Gasteiger partial charge on any atom is -0.508 e. The average molecular weight is 178 g/mol. The third-order valence-electron chi connectivity index (χ3n) is 1.60. The van der Waals surface area contributed by atoms with Gasteiger partial charge in [-0.15, -0.1) is 0 Å². The minimum atomic E-state index is -0.473. The highest BCUT2D eigenvalue weighted by Gasteiger charge is 2.06. The van der Waals surface area contributed by atoms with Crippen molar-refractivity contribution in [1.82, 2.24) is 0 Å². The van der Waals surface area contributed by atoms with Gasteiger partial charge in [0, 0.05) is 0 Å². The smallest absolute Gasteiger partial charge is 0.338 e. The van der Waals surface area contributed by atoms with Crippen molar-refractivity contribution in [1.29, 1.82) is 0 Å². The summed E-state index contributed by atoms with van der Waals surface area (Å²) in [6, 6.07) is 4.46. The van der Waals surface area contributed by atoms with Crippen LogP contribution in [0.1, 0.15) is 15.9 Å². The van der Waals surface area contributed by atoms with Crippen molar-refractivity contribution in [2.24, 2.45) is 0 Å². The van der Waals surface area contributed by atoms with Gasteiger partial charge < -0.3 is 9.84 Å². The fourth-order valence-corrected chi connectivity index (χ4v) is 0.988. The van der Waals surface area contributed by atoms with E-state index >= 15 is 0 Å². The third kappa shape index (κ3) is 2.08. The first-order chi connectivity index (χ1) is 6.17. The number of phenolic OH excluding ortho intramolecular Hbond substituents is 1. The standard InChI is InChI=1S/C10H10O3/c1-3-7-4-8(10(12)13-2)6-9(11)5-7/h3-6,11H,1H2,2H3.